The van der Waals surface area contributed by atoms with Gasteiger partial charge in [0.25, 0.3) is 0 Å². The van der Waals surface area contributed by atoms with Crippen molar-refractivity contribution in [2.75, 3.05) is 39.3 Å². The highest BCUT2D eigenvalue weighted by molar-refractivity contribution is 4.89. The fraction of sp³-hybridized carbons (Fsp3) is 1.00. The lowest BCUT2D eigenvalue weighted by Gasteiger charge is -2.41. The molecule has 18 heavy (non-hydrogen) atoms. The van der Waals surface area contributed by atoms with Gasteiger partial charge in [0, 0.05) is 38.3 Å². The van der Waals surface area contributed by atoms with Gasteiger partial charge in [-0.1, -0.05) is 20.8 Å². The fourth-order valence-corrected chi connectivity index (χ4v) is 3.42. The Morgan fingerprint density at radius 3 is 2.72 bits per heavy atom. The standard InChI is InChI=1S/C15H31N3/c1-4-14(11-16-10-13(2)3)18-9-8-17-7-5-6-15(17)12-18/h13-16H,4-12H2,1-3H3. The number of piperazine rings is 1. The van der Waals surface area contributed by atoms with Gasteiger partial charge in [0.15, 0.2) is 0 Å². The quantitative estimate of drug-likeness (QED) is 0.778. The maximum Gasteiger partial charge on any atom is 0.0224 e. The molecule has 0 aromatic rings. The Morgan fingerprint density at radius 1 is 1.17 bits per heavy atom. The Morgan fingerprint density at radius 2 is 2.00 bits per heavy atom. The summed E-state index contributed by atoms with van der Waals surface area (Å²) < 4.78 is 0. The van der Waals surface area contributed by atoms with E-state index in [0.29, 0.717) is 0 Å². The van der Waals surface area contributed by atoms with Gasteiger partial charge in [-0.05, 0) is 38.3 Å². The summed E-state index contributed by atoms with van der Waals surface area (Å²) in [4.78, 5) is 5.44. The minimum Gasteiger partial charge on any atom is -0.315 e. The van der Waals surface area contributed by atoms with E-state index in [9.17, 15) is 0 Å². The maximum atomic E-state index is 3.64. The van der Waals surface area contributed by atoms with E-state index in [1.807, 2.05) is 0 Å². The van der Waals surface area contributed by atoms with Crippen LogP contribution in [0, 0.1) is 5.92 Å². The average molecular weight is 253 g/mol. The first kappa shape index (κ1) is 14.3. The third-order valence-electron chi connectivity index (χ3n) is 4.54. The molecule has 0 aromatic carbocycles. The first-order valence-electron chi connectivity index (χ1n) is 7.89. The molecule has 2 heterocycles. The summed E-state index contributed by atoms with van der Waals surface area (Å²) in [5.74, 6) is 0.759. The van der Waals surface area contributed by atoms with Crippen LogP contribution in [0.5, 0.6) is 0 Å². The smallest absolute Gasteiger partial charge is 0.0224 e. The third-order valence-corrected chi connectivity index (χ3v) is 4.54. The molecule has 2 unspecified atom stereocenters. The van der Waals surface area contributed by atoms with Crippen molar-refractivity contribution < 1.29 is 0 Å². The van der Waals surface area contributed by atoms with Gasteiger partial charge < -0.3 is 5.32 Å². The summed E-state index contributed by atoms with van der Waals surface area (Å²) in [6.07, 6.45) is 4.12. The van der Waals surface area contributed by atoms with E-state index in [-0.39, 0.29) is 0 Å². The molecule has 2 aliphatic heterocycles. The maximum absolute atomic E-state index is 3.64. The van der Waals surface area contributed by atoms with Crippen molar-refractivity contribution in [3.8, 4) is 0 Å². The second-order valence-electron chi connectivity index (χ2n) is 6.44. The summed E-state index contributed by atoms with van der Waals surface area (Å²) in [5, 5.41) is 3.64. The number of hydrogen-bond acceptors (Lipinski definition) is 3. The van der Waals surface area contributed by atoms with E-state index < -0.39 is 0 Å². The molecule has 0 aromatic heterocycles. The Labute approximate surface area is 113 Å². The van der Waals surface area contributed by atoms with Crippen molar-refractivity contribution >= 4 is 0 Å². The molecular weight excluding hydrogens is 222 g/mol. The number of rotatable bonds is 6. The van der Waals surface area contributed by atoms with Gasteiger partial charge in [-0.3, -0.25) is 9.80 Å². The molecule has 2 fully saturated rings. The number of hydrogen-bond donors (Lipinski definition) is 1. The molecule has 1 N–H and O–H groups in total. The van der Waals surface area contributed by atoms with Crippen molar-refractivity contribution in [2.24, 2.45) is 5.92 Å². The molecular formula is C15H31N3. The summed E-state index contributed by atoms with van der Waals surface area (Å²) in [7, 11) is 0. The highest BCUT2D eigenvalue weighted by Crippen LogP contribution is 2.23. The summed E-state index contributed by atoms with van der Waals surface area (Å²) in [5.41, 5.74) is 0. The molecule has 0 spiro atoms. The summed E-state index contributed by atoms with van der Waals surface area (Å²) >= 11 is 0. The fourth-order valence-electron chi connectivity index (χ4n) is 3.42. The zero-order chi connectivity index (χ0) is 13.0. The van der Waals surface area contributed by atoms with Gasteiger partial charge in [0.05, 0.1) is 0 Å². The Bertz CT molecular complexity index is 242. The lowest BCUT2D eigenvalue weighted by Crippen LogP contribution is -2.55. The molecule has 2 aliphatic rings. The van der Waals surface area contributed by atoms with Crippen LogP contribution in [0.2, 0.25) is 0 Å². The molecule has 2 rings (SSSR count). The number of nitrogens with one attached hydrogen (secondary N) is 1. The lowest BCUT2D eigenvalue weighted by molar-refractivity contribution is 0.0693. The first-order chi connectivity index (χ1) is 8.70. The largest absolute Gasteiger partial charge is 0.315 e. The topological polar surface area (TPSA) is 18.5 Å². The highest BCUT2D eigenvalue weighted by atomic mass is 15.3. The SMILES string of the molecule is CCC(CNCC(C)C)N1CCN2CCCC2C1. The highest BCUT2D eigenvalue weighted by Gasteiger charge is 2.32. The van der Waals surface area contributed by atoms with E-state index in [1.165, 1.54) is 52.0 Å². The van der Waals surface area contributed by atoms with Crippen LogP contribution in [0.15, 0.2) is 0 Å². The molecule has 0 saturated carbocycles. The number of fused-ring (bicyclic) bond motifs is 1. The second-order valence-corrected chi connectivity index (χ2v) is 6.44. The van der Waals surface area contributed by atoms with E-state index in [0.717, 1.165) is 24.5 Å². The normalized spacial score (nSPS) is 27.7. The number of nitrogens with zero attached hydrogens (tertiary/aromatic N) is 2. The molecule has 0 radical (unpaired) electrons. The first-order valence-corrected chi connectivity index (χ1v) is 7.89. The molecule has 2 saturated heterocycles. The van der Waals surface area contributed by atoms with Gasteiger partial charge in [-0.15, -0.1) is 0 Å². The van der Waals surface area contributed by atoms with E-state index in [4.69, 9.17) is 0 Å². The summed E-state index contributed by atoms with van der Waals surface area (Å²) in [6.45, 7) is 14.5. The second kappa shape index (κ2) is 6.88. The van der Waals surface area contributed by atoms with Crippen molar-refractivity contribution in [2.45, 2.75) is 52.1 Å². The van der Waals surface area contributed by atoms with Crippen molar-refractivity contribution in [1.29, 1.82) is 0 Å². The molecule has 106 valence electrons. The van der Waals surface area contributed by atoms with Crippen molar-refractivity contribution in [3.05, 3.63) is 0 Å². The minimum atomic E-state index is 0.742. The average Bonchev–Trinajstić information content (AvgIpc) is 2.81. The van der Waals surface area contributed by atoms with Gasteiger partial charge in [-0.25, -0.2) is 0 Å². The third kappa shape index (κ3) is 3.69. The van der Waals surface area contributed by atoms with E-state index >= 15 is 0 Å². The zero-order valence-electron chi connectivity index (χ0n) is 12.5. The van der Waals surface area contributed by atoms with Gasteiger partial charge in [0.1, 0.15) is 0 Å². The van der Waals surface area contributed by atoms with Crippen LogP contribution in [0.1, 0.15) is 40.0 Å². The van der Waals surface area contributed by atoms with Crippen molar-refractivity contribution in [1.82, 2.24) is 15.1 Å². The predicted molar refractivity (Wildman–Crippen MR) is 78.0 cm³/mol. The monoisotopic (exact) mass is 253 g/mol. The molecule has 3 heteroatoms. The van der Waals surface area contributed by atoms with Crippen LogP contribution in [0.25, 0.3) is 0 Å². The van der Waals surface area contributed by atoms with Crippen LogP contribution < -0.4 is 5.32 Å². The van der Waals surface area contributed by atoms with E-state index in [2.05, 4.69) is 35.9 Å². The van der Waals surface area contributed by atoms with Gasteiger partial charge in [0.2, 0.25) is 0 Å². The molecule has 0 bridgehead atoms. The van der Waals surface area contributed by atoms with Crippen LogP contribution in [-0.2, 0) is 0 Å². The predicted octanol–water partition coefficient (Wildman–Crippen LogP) is 1.79. The molecule has 2 atom stereocenters. The molecule has 0 amide bonds. The Kier molecular flexibility index (Phi) is 5.46. The Balaban J connectivity index is 1.77. The summed E-state index contributed by atoms with van der Waals surface area (Å²) in [6, 6.07) is 1.60. The van der Waals surface area contributed by atoms with Crippen LogP contribution in [-0.4, -0.2) is 61.2 Å². The van der Waals surface area contributed by atoms with E-state index in [1.54, 1.807) is 0 Å². The van der Waals surface area contributed by atoms with Gasteiger partial charge in [-0.2, -0.15) is 0 Å². The minimum absolute atomic E-state index is 0.742. The van der Waals surface area contributed by atoms with Crippen molar-refractivity contribution in [3.63, 3.8) is 0 Å². The zero-order valence-corrected chi connectivity index (χ0v) is 12.5. The van der Waals surface area contributed by atoms with Crippen LogP contribution in [0.3, 0.4) is 0 Å². The molecule has 0 aliphatic carbocycles. The molecule has 3 nitrogen and oxygen atoms in total. The lowest BCUT2D eigenvalue weighted by atomic mass is 10.1. The van der Waals surface area contributed by atoms with Gasteiger partial charge >= 0.3 is 0 Å². The Hall–Kier alpha value is -0.120. The van der Waals surface area contributed by atoms with Crippen LogP contribution in [0.4, 0.5) is 0 Å². The van der Waals surface area contributed by atoms with Crippen LogP contribution >= 0.6 is 0 Å².